The van der Waals surface area contributed by atoms with Crippen LogP contribution in [0.1, 0.15) is 42.5 Å². The first-order chi connectivity index (χ1) is 21.3. The van der Waals surface area contributed by atoms with Gasteiger partial charge >= 0.3 is 12.1 Å². The number of hydrogen-bond donors (Lipinski definition) is 1. The molecule has 3 aliphatic rings. The van der Waals surface area contributed by atoms with Gasteiger partial charge in [-0.25, -0.2) is 14.1 Å². The minimum Gasteiger partial charge on any atom is -0.436 e. The van der Waals surface area contributed by atoms with Gasteiger partial charge in [-0.2, -0.15) is 5.10 Å². The lowest BCUT2D eigenvalue weighted by Crippen LogP contribution is -2.52. The van der Waals surface area contributed by atoms with Crippen LogP contribution in [-0.2, 0) is 22.4 Å². The Bertz CT molecular complexity index is 1500. The van der Waals surface area contributed by atoms with E-state index in [1.165, 1.54) is 0 Å². The number of pyridine rings is 1. The summed E-state index contributed by atoms with van der Waals surface area (Å²) >= 11 is 0. The predicted molar refractivity (Wildman–Crippen MR) is 168 cm³/mol. The van der Waals surface area contributed by atoms with Gasteiger partial charge in [0.05, 0.1) is 5.52 Å². The molecule has 0 aliphatic carbocycles. The van der Waals surface area contributed by atoms with Crippen molar-refractivity contribution < 1.29 is 19.1 Å². The number of aromatic nitrogens is 2. The van der Waals surface area contributed by atoms with Gasteiger partial charge in [-0.1, -0.05) is 18.2 Å². The molecule has 3 aliphatic heterocycles. The van der Waals surface area contributed by atoms with Crippen LogP contribution in [-0.4, -0.2) is 112 Å². The second-order valence-corrected chi connectivity index (χ2v) is 12.5. The Morgan fingerprint density at radius 3 is 2.48 bits per heavy atom. The molecular formula is C33H43N7O4. The molecule has 0 spiro atoms. The first kappa shape index (κ1) is 29.9. The van der Waals surface area contributed by atoms with E-state index >= 15 is 0 Å². The van der Waals surface area contributed by atoms with Crippen LogP contribution in [0.15, 0.2) is 48.7 Å². The van der Waals surface area contributed by atoms with Gasteiger partial charge in [0.2, 0.25) is 0 Å². The number of anilines is 1. The zero-order chi connectivity index (χ0) is 30.8. The summed E-state index contributed by atoms with van der Waals surface area (Å²) < 4.78 is 7.90. The Labute approximate surface area is 258 Å². The lowest BCUT2D eigenvalue weighted by atomic mass is 10.0. The molecule has 5 heterocycles. The second-order valence-electron chi connectivity index (χ2n) is 12.5. The van der Waals surface area contributed by atoms with E-state index in [-0.39, 0.29) is 18.0 Å². The lowest BCUT2D eigenvalue weighted by Gasteiger charge is -2.38. The van der Waals surface area contributed by atoms with Gasteiger partial charge < -0.3 is 29.7 Å². The number of benzene rings is 1. The van der Waals surface area contributed by atoms with Crippen LogP contribution in [0.25, 0.3) is 5.52 Å². The van der Waals surface area contributed by atoms with Crippen molar-refractivity contribution in [3.63, 3.8) is 0 Å². The molecule has 2 fully saturated rings. The number of nitrogens with zero attached hydrogens (tertiary/aromatic N) is 6. The summed E-state index contributed by atoms with van der Waals surface area (Å²) in [6.45, 7) is 4.84. The molecule has 1 aromatic carbocycles. The molecule has 0 unspecified atom stereocenters. The number of rotatable bonds is 6. The number of carbonyl (C=O) groups is 3. The van der Waals surface area contributed by atoms with Gasteiger partial charge in [-0.05, 0) is 88.5 Å². The molecule has 0 bridgehead atoms. The molecule has 0 radical (unpaired) electrons. The van der Waals surface area contributed by atoms with Crippen LogP contribution < -0.4 is 5.32 Å². The van der Waals surface area contributed by atoms with Crippen molar-refractivity contribution in [1.29, 1.82) is 0 Å². The smallest absolute Gasteiger partial charge is 0.410 e. The van der Waals surface area contributed by atoms with Crippen LogP contribution in [0.2, 0.25) is 0 Å². The maximum Gasteiger partial charge on any atom is 0.410 e. The predicted octanol–water partition coefficient (Wildman–Crippen LogP) is 3.80. The number of nitrogens with one attached hydrogen (secondary N) is 1. The molecule has 1 N–H and O–H groups in total. The third-order valence-electron chi connectivity index (χ3n) is 9.49. The van der Waals surface area contributed by atoms with E-state index in [4.69, 9.17) is 4.74 Å². The number of carbonyl (C=O) groups excluding carboxylic acids is 3. The highest BCUT2D eigenvalue weighted by atomic mass is 16.6. The van der Waals surface area contributed by atoms with Crippen LogP contribution in [0.3, 0.4) is 0 Å². The van der Waals surface area contributed by atoms with Crippen LogP contribution in [0, 0.1) is 6.92 Å². The number of para-hydroxylation sites is 1. The molecule has 11 nitrogen and oxygen atoms in total. The van der Waals surface area contributed by atoms with Crippen molar-refractivity contribution in [3.05, 3.63) is 65.5 Å². The molecule has 2 aromatic heterocycles. The highest BCUT2D eigenvalue weighted by Gasteiger charge is 2.35. The fourth-order valence-electron chi connectivity index (χ4n) is 6.89. The van der Waals surface area contributed by atoms with Crippen molar-refractivity contribution in [1.82, 2.24) is 29.2 Å². The molecule has 44 heavy (non-hydrogen) atoms. The van der Waals surface area contributed by atoms with Crippen molar-refractivity contribution >= 4 is 29.2 Å². The Morgan fingerprint density at radius 2 is 1.73 bits per heavy atom. The average Bonchev–Trinajstić information content (AvgIpc) is 3.44. The van der Waals surface area contributed by atoms with Crippen LogP contribution >= 0.6 is 0 Å². The molecule has 4 amide bonds. The summed E-state index contributed by atoms with van der Waals surface area (Å²) in [5, 5.41) is 7.41. The molecule has 11 heteroatoms. The number of urea groups is 1. The topological polar surface area (TPSA) is 103 Å². The van der Waals surface area contributed by atoms with E-state index in [2.05, 4.69) is 35.5 Å². The number of fused-ring (bicyclic) bond motifs is 2. The van der Waals surface area contributed by atoms with Gasteiger partial charge in [-0.3, -0.25) is 4.79 Å². The number of amides is 4. The van der Waals surface area contributed by atoms with Gasteiger partial charge in [0.25, 0.3) is 5.91 Å². The lowest BCUT2D eigenvalue weighted by molar-refractivity contribution is -0.142. The van der Waals surface area contributed by atoms with Gasteiger partial charge in [-0.15, -0.1) is 0 Å². The number of piperidine rings is 2. The minimum atomic E-state index is -0.921. The molecule has 1 atom stereocenters. The zero-order valence-corrected chi connectivity index (χ0v) is 25.9. The van der Waals surface area contributed by atoms with Crippen molar-refractivity contribution in [3.8, 4) is 0 Å². The Balaban J connectivity index is 1.11. The summed E-state index contributed by atoms with van der Waals surface area (Å²) in [5.74, 6) is -0.141. The van der Waals surface area contributed by atoms with Gasteiger partial charge in [0.1, 0.15) is 0 Å². The van der Waals surface area contributed by atoms with E-state index in [0.29, 0.717) is 58.0 Å². The van der Waals surface area contributed by atoms with Crippen LogP contribution in [0.5, 0.6) is 0 Å². The van der Waals surface area contributed by atoms with Crippen molar-refractivity contribution in [2.24, 2.45) is 0 Å². The quantitative estimate of drug-likeness (QED) is 0.461. The molecule has 0 saturated carbocycles. The molecule has 2 saturated heterocycles. The number of hydrogen-bond acceptors (Lipinski definition) is 6. The maximum absolute atomic E-state index is 13.9. The Morgan fingerprint density at radius 1 is 1.00 bits per heavy atom. The van der Waals surface area contributed by atoms with Gasteiger partial charge in [0, 0.05) is 68.8 Å². The molecule has 6 rings (SSSR count). The number of aryl methyl sites for hydroxylation is 1. The number of ether oxygens (including phenoxy) is 1. The minimum absolute atomic E-state index is 0.0362. The van der Waals surface area contributed by atoms with Gasteiger partial charge in [0.15, 0.2) is 6.10 Å². The Kier molecular flexibility index (Phi) is 8.74. The second kappa shape index (κ2) is 12.9. The summed E-state index contributed by atoms with van der Waals surface area (Å²) in [5.41, 5.74) is 4.82. The van der Waals surface area contributed by atoms with E-state index in [9.17, 15) is 14.4 Å². The summed E-state index contributed by atoms with van der Waals surface area (Å²) in [6.07, 6.45) is 4.55. The third-order valence-corrected chi connectivity index (χ3v) is 9.49. The largest absolute Gasteiger partial charge is 0.436 e. The van der Waals surface area contributed by atoms with E-state index in [1.54, 1.807) is 11.1 Å². The molecule has 3 aromatic rings. The van der Waals surface area contributed by atoms with Crippen molar-refractivity contribution in [2.75, 3.05) is 52.1 Å². The van der Waals surface area contributed by atoms with Crippen molar-refractivity contribution in [2.45, 2.75) is 63.6 Å². The number of likely N-dealkylation sites (tertiary alicyclic amines) is 2. The summed E-state index contributed by atoms with van der Waals surface area (Å²) in [4.78, 5) is 48.1. The van der Waals surface area contributed by atoms with Crippen LogP contribution in [0.4, 0.5) is 15.3 Å². The summed E-state index contributed by atoms with van der Waals surface area (Å²) in [6, 6.07) is 14.2. The monoisotopic (exact) mass is 601 g/mol. The molecule has 234 valence electrons. The van der Waals surface area contributed by atoms with E-state index in [1.807, 2.05) is 57.6 Å². The first-order valence-corrected chi connectivity index (χ1v) is 15.8. The zero-order valence-electron chi connectivity index (χ0n) is 25.9. The van der Waals surface area contributed by atoms with E-state index in [0.717, 1.165) is 47.3 Å². The normalized spacial score (nSPS) is 19.1. The third kappa shape index (κ3) is 6.38. The highest BCUT2D eigenvalue weighted by Crippen LogP contribution is 2.26. The fraction of sp³-hybridized carbons (Fsp3) is 0.515. The molecular weight excluding hydrogens is 558 g/mol. The van der Waals surface area contributed by atoms with E-state index < -0.39 is 12.2 Å². The first-order valence-electron chi connectivity index (χ1n) is 15.8. The average molecular weight is 602 g/mol. The maximum atomic E-state index is 13.9. The summed E-state index contributed by atoms with van der Waals surface area (Å²) in [7, 11) is 4.14. The standard InChI is InChI=1S/C33H43N7O4/c1-23-20-24(21-28-8-14-34-40(23)28)22-30(31(41)37-15-10-26(11-16-37)36(2)3)44-33(43)38-17-12-27(13-18-38)39-19-9-25-6-4-5-7-29(25)35-32(39)42/h4-8,14,20-21,26-27,30H,9-13,15-19,22H2,1-3H3,(H,35,42)/t30-/m1/s1. The SMILES string of the molecule is Cc1cc(C[C@@H](OC(=O)N2CCC(N3CCc4ccccc4NC3=O)CC2)C(=O)N2CCC(N(C)C)CC2)cc2ccnn12. The Hall–Kier alpha value is -4.12. The highest BCUT2D eigenvalue weighted by molar-refractivity contribution is 5.91. The fourth-order valence-corrected chi connectivity index (χ4v) is 6.89.